The summed E-state index contributed by atoms with van der Waals surface area (Å²) in [5.74, 6) is -0.508. The predicted octanol–water partition coefficient (Wildman–Crippen LogP) is 3.86. The highest BCUT2D eigenvalue weighted by molar-refractivity contribution is 6.74. The van der Waals surface area contributed by atoms with Crippen molar-refractivity contribution in [2.24, 2.45) is 0 Å². The van der Waals surface area contributed by atoms with Crippen molar-refractivity contribution < 1.29 is 47.1 Å². The largest absolute Gasteiger partial charge is 0.497 e. The summed E-state index contributed by atoms with van der Waals surface area (Å²) < 4.78 is 60.8. The quantitative estimate of drug-likeness (QED) is 0.408. The molecule has 10 nitrogen and oxygen atoms in total. The number of rotatable bonds is 9. The Morgan fingerprint density at radius 3 is 2.15 bits per heavy atom. The van der Waals surface area contributed by atoms with Crippen molar-refractivity contribution >= 4 is 8.32 Å². The molecule has 4 rings (SSSR count). The molecule has 0 N–H and O–H groups in total. The van der Waals surface area contributed by atoms with E-state index in [1.54, 1.807) is 28.4 Å². The van der Waals surface area contributed by atoms with Gasteiger partial charge in [0, 0.05) is 21.3 Å². The maximum Gasteiger partial charge on any atom is 0.286 e. The lowest BCUT2D eigenvalue weighted by Crippen LogP contribution is -2.68. The summed E-state index contributed by atoms with van der Waals surface area (Å²) in [6.45, 7) is 12.1. The van der Waals surface area contributed by atoms with Crippen molar-refractivity contribution in [3.8, 4) is 5.75 Å². The molecule has 3 aliphatic heterocycles. The van der Waals surface area contributed by atoms with E-state index in [9.17, 15) is 0 Å². The summed E-state index contributed by atoms with van der Waals surface area (Å²) in [7, 11) is 4.30. The van der Waals surface area contributed by atoms with Gasteiger partial charge in [0.1, 0.15) is 36.3 Å². The molecule has 3 aliphatic rings. The van der Waals surface area contributed by atoms with E-state index in [4.69, 9.17) is 47.1 Å². The van der Waals surface area contributed by atoms with Gasteiger partial charge in [0.25, 0.3) is 5.97 Å². The van der Waals surface area contributed by atoms with Gasteiger partial charge in [0.05, 0.1) is 39.5 Å². The van der Waals surface area contributed by atoms with Gasteiger partial charge in [0.15, 0.2) is 14.6 Å². The van der Waals surface area contributed by atoms with Gasteiger partial charge in [-0.15, -0.1) is 0 Å². The Labute approximate surface area is 233 Å². The topological polar surface area (TPSA) is 92.3 Å². The zero-order chi connectivity index (χ0) is 28.4. The lowest BCUT2D eigenvalue weighted by Gasteiger charge is -2.54. The van der Waals surface area contributed by atoms with Crippen LogP contribution in [0.4, 0.5) is 0 Å². The van der Waals surface area contributed by atoms with Crippen molar-refractivity contribution in [3.63, 3.8) is 0 Å². The van der Waals surface area contributed by atoms with Crippen LogP contribution in [0.5, 0.6) is 5.75 Å². The van der Waals surface area contributed by atoms with Crippen molar-refractivity contribution in [1.82, 2.24) is 0 Å². The van der Waals surface area contributed by atoms with Gasteiger partial charge in [-0.3, -0.25) is 0 Å². The summed E-state index contributed by atoms with van der Waals surface area (Å²) in [6.07, 6.45) is -2.65. The van der Waals surface area contributed by atoms with E-state index in [1.807, 2.05) is 24.3 Å². The zero-order valence-corrected chi connectivity index (χ0v) is 25.8. The van der Waals surface area contributed by atoms with Crippen molar-refractivity contribution in [1.29, 1.82) is 0 Å². The van der Waals surface area contributed by atoms with Crippen LogP contribution in [0.2, 0.25) is 18.1 Å². The van der Waals surface area contributed by atoms with Gasteiger partial charge < -0.3 is 47.1 Å². The Morgan fingerprint density at radius 1 is 0.897 bits per heavy atom. The van der Waals surface area contributed by atoms with E-state index in [2.05, 4.69) is 33.9 Å². The molecule has 1 aromatic rings. The van der Waals surface area contributed by atoms with Gasteiger partial charge in [-0.25, -0.2) is 0 Å². The average Bonchev–Trinajstić information content (AvgIpc) is 2.91. The predicted molar refractivity (Wildman–Crippen MR) is 145 cm³/mol. The second-order valence-electron chi connectivity index (χ2n) is 11.9. The lowest BCUT2D eigenvalue weighted by atomic mass is 9.96. The Morgan fingerprint density at radius 2 is 1.56 bits per heavy atom. The maximum absolute atomic E-state index is 6.92. The van der Waals surface area contributed by atoms with Gasteiger partial charge >= 0.3 is 0 Å². The third-order valence-electron chi connectivity index (χ3n) is 8.36. The molecule has 8 atom stereocenters. The lowest BCUT2D eigenvalue weighted by molar-refractivity contribution is -0.477. The van der Waals surface area contributed by atoms with E-state index in [0.717, 1.165) is 11.3 Å². The first-order valence-corrected chi connectivity index (χ1v) is 16.5. The van der Waals surface area contributed by atoms with Gasteiger partial charge in [0.2, 0.25) is 0 Å². The van der Waals surface area contributed by atoms with Crippen molar-refractivity contribution in [2.75, 3.05) is 41.7 Å². The van der Waals surface area contributed by atoms with Crippen molar-refractivity contribution in [2.45, 2.75) is 101 Å². The molecule has 0 saturated carbocycles. The standard InChI is InChI=1S/C28H46O10Si/c1-27(2,3)39(8,9)38-20-14-28(34-16-21(20)33-15-18-10-12-19(29-4)13-11-18)35-17-22-23(37-28)24(30-5)25(31-6)26(32-7)36-22/h10-13,20-26H,14-17H2,1-9H3/t20-,21-,22-,23-,24+,25-,26+,28-/m1/s1. The van der Waals surface area contributed by atoms with E-state index in [-0.39, 0.29) is 30.5 Å². The van der Waals surface area contributed by atoms with Crippen LogP contribution in [0.15, 0.2) is 24.3 Å². The molecule has 0 amide bonds. The van der Waals surface area contributed by atoms with Crippen LogP contribution < -0.4 is 4.74 Å². The monoisotopic (exact) mass is 570 g/mol. The molecule has 0 unspecified atom stereocenters. The molecule has 1 aromatic carbocycles. The third kappa shape index (κ3) is 6.69. The number of methoxy groups -OCH3 is 4. The molecular weight excluding hydrogens is 524 g/mol. The highest BCUT2D eigenvalue weighted by atomic mass is 28.4. The fourth-order valence-corrected chi connectivity index (χ4v) is 6.35. The Hall–Kier alpha value is -1.12. The number of ether oxygens (including phenoxy) is 9. The summed E-state index contributed by atoms with van der Waals surface area (Å²) in [6, 6.07) is 7.84. The molecule has 3 heterocycles. The highest BCUT2D eigenvalue weighted by Crippen LogP contribution is 2.44. The summed E-state index contributed by atoms with van der Waals surface area (Å²) in [5, 5.41) is 0.0115. The van der Waals surface area contributed by atoms with Crippen LogP contribution in [-0.4, -0.2) is 98.9 Å². The number of hydrogen-bond donors (Lipinski definition) is 0. The van der Waals surface area contributed by atoms with Crippen LogP contribution in [0.3, 0.4) is 0 Å². The fraction of sp³-hybridized carbons (Fsp3) is 0.786. The first-order valence-electron chi connectivity index (χ1n) is 13.6. The third-order valence-corrected chi connectivity index (χ3v) is 12.9. The van der Waals surface area contributed by atoms with Crippen LogP contribution in [0.25, 0.3) is 0 Å². The summed E-state index contributed by atoms with van der Waals surface area (Å²) in [4.78, 5) is 0. The maximum atomic E-state index is 6.92. The Balaban J connectivity index is 1.52. The Bertz CT molecular complexity index is 922. The molecule has 0 radical (unpaired) electrons. The second kappa shape index (κ2) is 12.4. The molecule has 3 fully saturated rings. The molecular formula is C28H46O10Si. The van der Waals surface area contributed by atoms with Crippen LogP contribution in [0.1, 0.15) is 32.8 Å². The van der Waals surface area contributed by atoms with Crippen LogP contribution in [-0.2, 0) is 48.9 Å². The minimum atomic E-state index is -2.17. The summed E-state index contributed by atoms with van der Waals surface area (Å²) in [5.41, 5.74) is 1.04. The first-order chi connectivity index (χ1) is 18.5. The molecule has 3 saturated heterocycles. The normalized spacial score (nSPS) is 35.6. The molecule has 0 aliphatic carbocycles. The van der Waals surface area contributed by atoms with E-state index >= 15 is 0 Å². The van der Waals surface area contributed by atoms with E-state index < -0.39 is 45.0 Å². The van der Waals surface area contributed by atoms with Gasteiger partial charge in [-0.05, 0) is 35.8 Å². The minimum Gasteiger partial charge on any atom is -0.497 e. The molecule has 0 aromatic heterocycles. The second-order valence-corrected chi connectivity index (χ2v) is 16.6. The molecule has 39 heavy (non-hydrogen) atoms. The SMILES string of the molecule is COc1ccc(CO[C@@H]2CO[C@]3(C[C@H]2O[Si](C)(C)C(C)(C)C)OC[C@H]2O[C@H](OC)[C@H](OC)[C@@H](OC)[C@@H]2O3)cc1. The molecule has 0 bridgehead atoms. The number of benzene rings is 1. The number of hydrogen-bond acceptors (Lipinski definition) is 10. The van der Waals surface area contributed by atoms with E-state index in [0.29, 0.717) is 13.0 Å². The van der Waals surface area contributed by atoms with Crippen molar-refractivity contribution in [3.05, 3.63) is 29.8 Å². The van der Waals surface area contributed by atoms with Crippen LogP contribution >= 0.6 is 0 Å². The van der Waals surface area contributed by atoms with Gasteiger partial charge in [-0.1, -0.05) is 32.9 Å². The fourth-order valence-electron chi connectivity index (χ4n) is 5.00. The number of fused-ring (bicyclic) bond motifs is 1. The smallest absolute Gasteiger partial charge is 0.286 e. The molecule has 1 spiro atoms. The highest BCUT2D eigenvalue weighted by Gasteiger charge is 2.58. The minimum absolute atomic E-state index is 0.0115. The molecule has 11 heteroatoms. The first kappa shape index (κ1) is 30.8. The summed E-state index contributed by atoms with van der Waals surface area (Å²) >= 11 is 0. The Kier molecular flexibility index (Phi) is 9.80. The van der Waals surface area contributed by atoms with Crippen LogP contribution in [0, 0.1) is 0 Å². The molecule has 222 valence electrons. The van der Waals surface area contributed by atoms with Gasteiger partial charge in [-0.2, -0.15) is 0 Å². The average molecular weight is 571 g/mol. The zero-order valence-electron chi connectivity index (χ0n) is 24.8. The van der Waals surface area contributed by atoms with E-state index in [1.165, 1.54) is 0 Å².